The second-order valence-corrected chi connectivity index (χ2v) is 6.51. The Bertz CT molecular complexity index is 731. The molecule has 2 aromatic rings. The maximum Gasteiger partial charge on any atom is 0.148 e. The Morgan fingerprint density at radius 1 is 1.13 bits per heavy atom. The molecule has 23 heavy (non-hydrogen) atoms. The Balaban J connectivity index is 1.76. The molecule has 1 N–H and O–H groups in total. The Morgan fingerprint density at radius 3 is 2.78 bits per heavy atom. The van der Waals surface area contributed by atoms with Gasteiger partial charge in [0.1, 0.15) is 24.8 Å². The molecule has 2 aliphatic rings. The first-order valence-corrected chi connectivity index (χ1v) is 8.02. The molecule has 120 valence electrons. The lowest BCUT2D eigenvalue weighted by Gasteiger charge is -2.35. The van der Waals surface area contributed by atoms with Crippen molar-refractivity contribution in [2.24, 2.45) is 0 Å². The number of hydrogen-bond donors (Lipinski definition) is 1. The molecule has 0 radical (unpaired) electrons. The third kappa shape index (κ3) is 2.52. The van der Waals surface area contributed by atoms with Crippen molar-refractivity contribution in [3.63, 3.8) is 0 Å². The minimum absolute atomic E-state index is 0.113. The second-order valence-electron chi connectivity index (χ2n) is 6.51. The number of halogens is 1. The van der Waals surface area contributed by atoms with E-state index in [0.29, 0.717) is 5.92 Å². The van der Waals surface area contributed by atoms with E-state index in [9.17, 15) is 4.39 Å². The minimum atomic E-state index is -0.235. The minimum Gasteiger partial charge on any atom is -0.375 e. The van der Waals surface area contributed by atoms with Gasteiger partial charge in [0.05, 0.1) is 6.04 Å². The molecular weight excluding hydrogens is 293 g/mol. The van der Waals surface area contributed by atoms with E-state index in [2.05, 4.69) is 37.4 Å². The normalized spacial score (nSPS) is 25.8. The molecule has 0 aliphatic carbocycles. The third-order valence-electron chi connectivity index (χ3n) is 4.70. The summed E-state index contributed by atoms with van der Waals surface area (Å²) < 4.78 is 25.3. The van der Waals surface area contributed by atoms with E-state index in [-0.39, 0.29) is 30.9 Å². The van der Waals surface area contributed by atoms with Crippen LogP contribution in [0.2, 0.25) is 0 Å². The van der Waals surface area contributed by atoms with Crippen LogP contribution in [0.5, 0.6) is 0 Å². The van der Waals surface area contributed by atoms with Crippen molar-refractivity contribution < 1.29 is 13.9 Å². The smallest absolute Gasteiger partial charge is 0.148 e. The highest BCUT2D eigenvalue weighted by Crippen LogP contribution is 2.46. The Morgan fingerprint density at radius 2 is 2.00 bits per heavy atom. The van der Waals surface area contributed by atoms with E-state index in [4.69, 9.17) is 9.47 Å². The number of ether oxygens (including phenoxy) is 2. The van der Waals surface area contributed by atoms with E-state index in [1.807, 2.05) is 6.07 Å². The van der Waals surface area contributed by atoms with Gasteiger partial charge in [0, 0.05) is 11.3 Å². The molecule has 3 atom stereocenters. The Kier molecular flexibility index (Phi) is 3.58. The van der Waals surface area contributed by atoms with E-state index >= 15 is 0 Å². The zero-order valence-electron chi connectivity index (χ0n) is 13.3. The van der Waals surface area contributed by atoms with Gasteiger partial charge in [-0.2, -0.15) is 0 Å². The number of anilines is 1. The summed E-state index contributed by atoms with van der Waals surface area (Å²) in [6.45, 7) is 4.63. The van der Waals surface area contributed by atoms with Gasteiger partial charge in [-0.1, -0.05) is 38.1 Å². The maximum atomic E-state index is 13.6. The summed E-state index contributed by atoms with van der Waals surface area (Å²) in [5, 5.41) is 3.51. The van der Waals surface area contributed by atoms with Gasteiger partial charge in [-0.25, -0.2) is 4.39 Å². The molecule has 2 aromatic carbocycles. The van der Waals surface area contributed by atoms with Crippen molar-refractivity contribution in [3.05, 3.63) is 65.0 Å². The predicted molar refractivity (Wildman–Crippen MR) is 86.9 cm³/mol. The lowest BCUT2D eigenvalue weighted by atomic mass is 9.86. The highest BCUT2D eigenvalue weighted by Gasteiger charge is 2.42. The Hall–Kier alpha value is -1.91. The van der Waals surface area contributed by atoms with Crippen molar-refractivity contribution in [2.45, 2.75) is 38.0 Å². The number of hydrogen-bond acceptors (Lipinski definition) is 3. The molecule has 1 saturated heterocycles. The van der Waals surface area contributed by atoms with E-state index in [0.717, 1.165) is 16.8 Å². The predicted octanol–water partition coefficient (Wildman–Crippen LogP) is 4.53. The van der Waals surface area contributed by atoms with Gasteiger partial charge in [-0.05, 0) is 35.2 Å². The van der Waals surface area contributed by atoms with Crippen molar-refractivity contribution in [1.29, 1.82) is 0 Å². The second kappa shape index (κ2) is 5.62. The summed E-state index contributed by atoms with van der Waals surface area (Å²) in [6.07, 6.45) is -0.259. The van der Waals surface area contributed by atoms with Crippen LogP contribution in [0.25, 0.3) is 0 Å². The van der Waals surface area contributed by atoms with Crippen LogP contribution in [0.4, 0.5) is 10.1 Å². The largest absolute Gasteiger partial charge is 0.375 e. The fourth-order valence-corrected chi connectivity index (χ4v) is 3.44. The van der Waals surface area contributed by atoms with Gasteiger partial charge >= 0.3 is 0 Å². The van der Waals surface area contributed by atoms with Crippen LogP contribution >= 0.6 is 0 Å². The summed E-state index contributed by atoms with van der Waals surface area (Å²) in [6, 6.07) is 13.0. The molecule has 4 heteroatoms. The lowest BCUT2D eigenvalue weighted by molar-refractivity contribution is 0.0367. The van der Waals surface area contributed by atoms with Gasteiger partial charge in [0.2, 0.25) is 0 Å². The summed E-state index contributed by atoms with van der Waals surface area (Å²) in [5.74, 6) is 0.225. The topological polar surface area (TPSA) is 30.5 Å². The van der Waals surface area contributed by atoms with Gasteiger partial charge in [0.15, 0.2) is 0 Å². The summed E-state index contributed by atoms with van der Waals surface area (Å²) in [5.41, 5.74) is 4.33. The summed E-state index contributed by atoms with van der Waals surface area (Å²) in [4.78, 5) is 0. The third-order valence-corrected chi connectivity index (χ3v) is 4.70. The van der Waals surface area contributed by atoms with Crippen LogP contribution in [0, 0.1) is 5.82 Å². The molecule has 0 spiro atoms. The first kappa shape index (κ1) is 14.7. The average molecular weight is 313 g/mol. The fourth-order valence-electron chi connectivity index (χ4n) is 3.44. The van der Waals surface area contributed by atoms with Crippen LogP contribution in [0.15, 0.2) is 42.5 Å². The standard InChI is InChI=1S/C19H20FNO2/c1-11(2)12-6-7-16-15(9-12)18-19(23-10-22-18)17(21-16)13-4-3-5-14(20)8-13/h3-9,11,17-19,21H,10H2,1-2H3. The Labute approximate surface area is 135 Å². The molecule has 2 aliphatic heterocycles. The molecule has 4 rings (SSSR count). The monoisotopic (exact) mass is 313 g/mol. The molecule has 3 nitrogen and oxygen atoms in total. The summed E-state index contributed by atoms with van der Waals surface area (Å²) >= 11 is 0. The number of nitrogens with one attached hydrogen (secondary N) is 1. The van der Waals surface area contributed by atoms with Crippen LogP contribution in [0.3, 0.4) is 0 Å². The van der Waals surface area contributed by atoms with Gasteiger partial charge < -0.3 is 14.8 Å². The lowest BCUT2D eigenvalue weighted by Crippen LogP contribution is -2.34. The molecule has 1 fully saturated rings. The number of fused-ring (bicyclic) bond motifs is 3. The SMILES string of the molecule is CC(C)c1ccc2c(c1)C1OCOC1C(c1cccc(F)c1)N2. The van der Waals surface area contributed by atoms with Crippen molar-refractivity contribution in [2.75, 3.05) is 12.1 Å². The zero-order chi connectivity index (χ0) is 16.0. The fraction of sp³-hybridized carbons (Fsp3) is 0.368. The van der Waals surface area contributed by atoms with Crippen LogP contribution in [0.1, 0.15) is 48.6 Å². The highest BCUT2D eigenvalue weighted by molar-refractivity contribution is 5.59. The van der Waals surface area contributed by atoms with Gasteiger partial charge in [-0.3, -0.25) is 0 Å². The quantitative estimate of drug-likeness (QED) is 0.883. The first-order valence-electron chi connectivity index (χ1n) is 8.02. The van der Waals surface area contributed by atoms with Crippen LogP contribution < -0.4 is 5.32 Å². The molecule has 0 aromatic heterocycles. The van der Waals surface area contributed by atoms with Gasteiger partial charge in [-0.15, -0.1) is 0 Å². The van der Waals surface area contributed by atoms with E-state index in [1.165, 1.54) is 11.6 Å². The number of rotatable bonds is 2. The molecule has 0 saturated carbocycles. The van der Waals surface area contributed by atoms with Crippen molar-refractivity contribution in [3.8, 4) is 0 Å². The van der Waals surface area contributed by atoms with Gasteiger partial charge in [0.25, 0.3) is 0 Å². The molecule has 0 amide bonds. The maximum absolute atomic E-state index is 13.6. The number of benzene rings is 2. The molecule has 2 heterocycles. The molecular formula is C19H20FNO2. The molecule has 0 bridgehead atoms. The molecule has 3 unspecified atom stereocenters. The van der Waals surface area contributed by atoms with E-state index in [1.54, 1.807) is 12.1 Å². The first-order chi connectivity index (χ1) is 11.1. The van der Waals surface area contributed by atoms with E-state index < -0.39 is 0 Å². The summed E-state index contributed by atoms with van der Waals surface area (Å²) in [7, 11) is 0. The average Bonchev–Trinajstić information content (AvgIpc) is 3.03. The highest BCUT2D eigenvalue weighted by atomic mass is 19.1. The van der Waals surface area contributed by atoms with Crippen LogP contribution in [-0.4, -0.2) is 12.9 Å². The van der Waals surface area contributed by atoms with Crippen molar-refractivity contribution in [1.82, 2.24) is 0 Å². The zero-order valence-corrected chi connectivity index (χ0v) is 13.3. The van der Waals surface area contributed by atoms with Crippen LogP contribution in [-0.2, 0) is 9.47 Å². The van der Waals surface area contributed by atoms with Crippen molar-refractivity contribution >= 4 is 5.69 Å².